The minimum atomic E-state index is -1.16. The highest BCUT2D eigenvalue weighted by molar-refractivity contribution is 6.28. The quantitative estimate of drug-likeness (QED) is 0.154. The normalized spacial score (nSPS) is 20.4. The molecule has 0 radical (unpaired) electrons. The number of hydrogen-bond donors (Lipinski definition) is 0. The van der Waals surface area contributed by atoms with Crippen LogP contribution in [0.3, 0.4) is 0 Å². The van der Waals surface area contributed by atoms with Gasteiger partial charge >= 0.3 is 0 Å². The summed E-state index contributed by atoms with van der Waals surface area (Å²) in [7, 11) is 0. The molecule has 12 aromatic carbocycles. The van der Waals surface area contributed by atoms with Crippen LogP contribution in [-0.4, -0.2) is 0 Å². The molecule has 0 N–H and O–H groups in total. The van der Waals surface area contributed by atoms with Crippen LogP contribution in [0.1, 0.15) is 46.6 Å². The largest absolute Gasteiger partial charge is 0.0636 e. The first-order chi connectivity index (χ1) is 42.0. The van der Waals surface area contributed by atoms with E-state index in [2.05, 4.69) is 0 Å². The molecule has 0 saturated heterocycles. The van der Waals surface area contributed by atoms with E-state index >= 15 is 0 Å². The van der Waals surface area contributed by atoms with E-state index in [1.165, 1.54) is 0 Å². The summed E-state index contributed by atoms with van der Waals surface area (Å²) in [5.74, 6) is 0. The highest BCUT2D eigenvalue weighted by Crippen LogP contribution is 2.43. The molecule has 0 nitrogen and oxygen atoms in total. The van der Waals surface area contributed by atoms with Crippen molar-refractivity contribution >= 4 is 64.6 Å². The molecular weight excluding hydrogens is 673 g/mol. The van der Waals surface area contributed by atoms with E-state index in [0.717, 1.165) is 0 Å². The fourth-order valence-corrected chi connectivity index (χ4v) is 6.91. The number of rotatable bonds is 5. The molecule has 12 rings (SSSR count). The summed E-state index contributed by atoms with van der Waals surface area (Å²) in [6.07, 6.45) is 0. The standard InChI is InChI=1S/C56H34/c1-2-6-37(7-3-1)47-28-23-43-27-33-52-49(30-24-44-26-32-51(47)55(43)56(44)52)39-18-14-36(15-19-39)46-11-5-10-45(34-46)35-12-16-38(17-13-35)48-29-22-42-21-20-40-8-4-9-41-25-31-50(48)54(42)53(40)41/h1-34H/i1D,2D,3D,4D,5D,6D,7D,8D,9D,10D,11D,12D,13D,14D,15D,16D,17D,18D,19D,20D,21D,22D,23D,24D,25D,26D,27D,28D,29D,30D,31D,32D,33D,34D. The molecule has 0 saturated carbocycles. The Hall–Kier alpha value is -7.28. The van der Waals surface area contributed by atoms with E-state index < -0.39 is 315 Å². The molecule has 56 heavy (non-hydrogen) atoms. The molecule has 0 aliphatic carbocycles. The predicted octanol–water partition coefficient (Wildman–Crippen LogP) is 15.8. The van der Waals surface area contributed by atoms with Crippen molar-refractivity contribution in [2.75, 3.05) is 0 Å². The van der Waals surface area contributed by atoms with Crippen LogP contribution < -0.4 is 0 Å². The Kier molecular flexibility index (Phi) is 2.73. The summed E-state index contributed by atoms with van der Waals surface area (Å²) in [4.78, 5) is 0. The van der Waals surface area contributed by atoms with Gasteiger partial charge in [0.05, 0.1) is 46.6 Å². The van der Waals surface area contributed by atoms with Gasteiger partial charge in [-0.05, 0) is 126 Å². The van der Waals surface area contributed by atoms with Crippen LogP contribution in [0.5, 0.6) is 0 Å². The highest BCUT2D eigenvalue weighted by atomic mass is 14.2. The van der Waals surface area contributed by atoms with Crippen molar-refractivity contribution in [1.29, 1.82) is 0 Å². The van der Waals surface area contributed by atoms with Crippen molar-refractivity contribution in [3.8, 4) is 55.6 Å². The van der Waals surface area contributed by atoms with Crippen molar-refractivity contribution in [2.24, 2.45) is 0 Å². The summed E-state index contributed by atoms with van der Waals surface area (Å²) in [5, 5.41) is -5.63. The topological polar surface area (TPSA) is 0 Å². The molecule has 0 spiro atoms. The van der Waals surface area contributed by atoms with E-state index in [1.807, 2.05) is 0 Å². The third kappa shape index (κ3) is 4.73. The lowest BCUT2D eigenvalue weighted by molar-refractivity contribution is 1.58. The first-order valence-corrected chi connectivity index (χ1v) is 16.8. The molecule has 0 fully saturated rings. The number of hydrogen-bond acceptors (Lipinski definition) is 0. The molecule has 12 aromatic rings. The summed E-state index contributed by atoms with van der Waals surface area (Å²) in [6.45, 7) is 0. The van der Waals surface area contributed by atoms with E-state index in [4.69, 9.17) is 23.3 Å². The van der Waals surface area contributed by atoms with Gasteiger partial charge in [0.15, 0.2) is 0 Å². The van der Waals surface area contributed by atoms with Gasteiger partial charge < -0.3 is 0 Å². The van der Waals surface area contributed by atoms with E-state index in [9.17, 15) is 23.3 Å². The molecule has 0 atom stereocenters. The minimum absolute atomic E-state index is 0.286. The lowest BCUT2D eigenvalue weighted by Gasteiger charge is -2.16. The second-order valence-electron chi connectivity index (χ2n) is 12.5. The second-order valence-corrected chi connectivity index (χ2v) is 12.5. The van der Waals surface area contributed by atoms with Crippen LogP contribution in [0.15, 0.2) is 205 Å². The second kappa shape index (κ2) is 12.1. The van der Waals surface area contributed by atoms with Crippen LogP contribution >= 0.6 is 0 Å². The summed E-state index contributed by atoms with van der Waals surface area (Å²) in [6, 6.07) is -32.0. The Morgan fingerprint density at radius 1 is 0.214 bits per heavy atom. The Labute approximate surface area is 373 Å². The van der Waals surface area contributed by atoms with Crippen molar-refractivity contribution in [3.63, 3.8) is 0 Å². The maximum atomic E-state index is 9.59. The minimum Gasteiger partial charge on any atom is -0.0622 e. The van der Waals surface area contributed by atoms with Gasteiger partial charge in [-0.3, -0.25) is 0 Å². The monoisotopic (exact) mass is 740 g/mol. The first-order valence-electron chi connectivity index (χ1n) is 33.8. The Bertz CT molecular complexity index is 5340. The number of benzene rings is 12. The molecule has 0 unspecified atom stereocenters. The molecule has 0 aliphatic heterocycles. The fraction of sp³-hybridized carbons (Fsp3) is 0. The lowest BCUT2D eigenvalue weighted by atomic mass is 9.87. The predicted molar refractivity (Wildman–Crippen MR) is 241 cm³/mol. The highest BCUT2D eigenvalue weighted by Gasteiger charge is 2.16. The van der Waals surface area contributed by atoms with Crippen molar-refractivity contribution in [2.45, 2.75) is 0 Å². The third-order valence-corrected chi connectivity index (χ3v) is 9.44. The van der Waals surface area contributed by atoms with E-state index in [1.54, 1.807) is 0 Å². The molecule has 0 heteroatoms. The van der Waals surface area contributed by atoms with Gasteiger partial charge in [0.25, 0.3) is 0 Å². The van der Waals surface area contributed by atoms with Gasteiger partial charge in [-0.15, -0.1) is 0 Å². The average molecular weight is 741 g/mol. The molecule has 0 heterocycles. The van der Waals surface area contributed by atoms with Crippen LogP contribution in [0.2, 0.25) is 0 Å². The summed E-state index contributed by atoms with van der Waals surface area (Å²) >= 11 is 0. The molecular formula is C56H34. The lowest BCUT2D eigenvalue weighted by Crippen LogP contribution is -1.89. The van der Waals surface area contributed by atoms with Crippen LogP contribution in [0.4, 0.5) is 0 Å². The van der Waals surface area contributed by atoms with Gasteiger partial charge in [0.1, 0.15) is 0 Å². The zero-order chi connectivity index (χ0) is 66.3. The SMILES string of the molecule is [2H]c1c([2H])c([2H])c(-c2c([2H])c([2H])c3c([2H])c([2H])c4c(-c5c([2H])c([2H])c(-c6c([2H])c([2H])c([2H])c(-c7c([2H])c([2H])c(-c8c([2H])c([2H])c9c([2H])c([2H])c%10c([2H])c([2H])c([2H])c%11c([2H])c([2H])c8c9c%10%11)c([2H])c7[2H])c6[2H])c([2H])c5[2H])c([2H])c([2H])c5c([2H])c([2H])c2c3c54)c([2H])c1[2H]. The Balaban J connectivity index is 1.13. The van der Waals surface area contributed by atoms with Gasteiger partial charge in [0, 0.05) is 0 Å². The van der Waals surface area contributed by atoms with Crippen molar-refractivity contribution < 1.29 is 46.6 Å². The van der Waals surface area contributed by atoms with Gasteiger partial charge in [-0.1, -0.05) is 199 Å². The van der Waals surface area contributed by atoms with Gasteiger partial charge in [-0.25, -0.2) is 0 Å². The third-order valence-electron chi connectivity index (χ3n) is 9.44. The van der Waals surface area contributed by atoms with Crippen LogP contribution in [0, 0.1) is 0 Å². The van der Waals surface area contributed by atoms with Gasteiger partial charge in [-0.2, -0.15) is 0 Å². The Morgan fingerprint density at radius 3 is 1.00 bits per heavy atom. The zero-order valence-electron chi connectivity index (χ0n) is 62.0. The maximum absolute atomic E-state index is 9.59. The smallest absolute Gasteiger partial charge is 0.0622 e. The molecule has 0 amide bonds. The van der Waals surface area contributed by atoms with Crippen molar-refractivity contribution in [3.05, 3.63) is 205 Å². The average Bonchev–Trinajstić information content (AvgIpc) is 0.690. The fourth-order valence-electron chi connectivity index (χ4n) is 6.91. The van der Waals surface area contributed by atoms with Gasteiger partial charge in [0.2, 0.25) is 0 Å². The summed E-state index contributed by atoms with van der Waals surface area (Å²) < 4.78 is 309. The molecule has 0 aliphatic rings. The first kappa shape index (κ1) is 12.6. The molecule has 258 valence electrons. The van der Waals surface area contributed by atoms with E-state index in [0.29, 0.717) is 0 Å². The maximum Gasteiger partial charge on any atom is 0.0636 e. The molecule has 0 bridgehead atoms. The van der Waals surface area contributed by atoms with Crippen LogP contribution in [-0.2, 0) is 0 Å². The van der Waals surface area contributed by atoms with Crippen LogP contribution in [0.25, 0.3) is 120 Å². The zero-order valence-corrected chi connectivity index (χ0v) is 28.0. The van der Waals surface area contributed by atoms with Crippen molar-refractivity contribution in [1.82, 2.24) is 0 Å². The summed E-state index contributed by atoms with van der Waals surface area (Å²) in [5.41, 5.74) is -8.27. The van der Waals surface area contributed by atoms with E-state index in [-0.39, 0.29) is 10.8 Å². The molecule has 0 aromatic heterocycles. The Morgan fingerprint density at radius 2 is 0.536 bits per heavy atom.